The molecule has 3 rings (SSSR count). The van der Waals surface area contributed by atoms with E-state index in [9.17, 15) is 4.79 Å². The lowest BCUT2D eigenvalue weighted by Crippen LogP contribution is -2.45. The summed E-state index contributed by atoms with van der Waals surface area (Å²) in [6.45, 7) is 0.826. The van der Waals surface area contributed by atoms with Crippen molar-refractivity contribution in [2.45, 2.75) is 56.8 Å². The van der Waals surface area contributed by atoms with Crippen LogP contribution in [0.3, 0.4) is 0 Å². The Hall–Kier alpha value is -1.31. The number of rotatable bonds is 4. The highest BCUT2D eigenvalue weighted by Crippen LogP contribution is 2.39. The van der Waals surface area contributed by atoms with Crippen LogP contribution in [0.1, 0.15) is 56.9 Å². The summed E-state index contributed by atoms with van der Waals surface area (Å²) in [7, 11) is 0. The molecule has 2 saturated carbocycles. The van der Waals surface area contributed by atoms with Crippen LogP contribution in [0.2, 0.25) is 0 Å². The summed E-state index contributed by atoms with van der Waals surface area (Å²) in [5, 5.41) is 3.25. The molecule has 20 heavy (non-hydrogen) atoms. The predicted molar refractivity (Wildman–Crippen MR) is 81.6 cm³/mol. The summed E-state index contributed by atoms with van der Waals surface area (Å²) < 4.78 is 0. The molecule has 0 spiro atoms. The molecule has 0 bridgehead atoms. The first-order valence-electron chi connectivity index (χ1n) is 8.13. The highest BCUT2D eigenvalue weighted by molar-refractivity contribution is 5.79. The van der Waals surface area contributed by atoms with Gasteiger partial charge in [0.15, 0.2) is 0 Å². The lowest BCUT2D eigenvalue weighted by atomic mass is 9.69. The van der Waals surface area contributed by atoms with Crippen molar-refractivity contribution < 1.29 is 4.79 Å². The molecule has 0 heterocycles. The minimum absolute atomic E-state index is 0.179. The van der Waals surface area contributed by atoms with E-state index in [0.717, 1.165) is 19.4 Å². The normalized spacial score (nSPS) is 22.0. The largest absolute Gasteiger partial charge is 0.355 e. The lowest BCUT2D eigenvalue weighted by molar-refractivity contribution is -0.127. The average molecular weight is 271 g/mol. The van der Waals surface area contributed by atoms with Crippen molar-refractivity contribution in [3.8, 4) is 0 Å². The fourth-order valence-corrected chi connectivity index (χ4v) is 3.66. The average Bonchev–Trinajstić information content (AvgIpc) is 2.45. The number of carbonyl (C=O) groups excluding carboxylic acids is 1. The van der Waals surface area contributed by atoms with Gasteiger partial charge in [0.05, 0.1) is 0 Å². The molecule has 2 fully saturated rings. The second kappa shape index (κ2) is 5.99. The Morgan fingerprint density at radius 1 is 1.05 bits per heavy atom. The Morgan fingerprint density at radius 2 is 1.75 bits per heavy atom. The van der Waals surface area contributed by atoms with Crippen LogP contribution in [0.15, 0.2) is 30.3 Å². The molecule has 2 nitrogen and oxygen atoms in total. The van der Waals surface area contributed by atoms with Crippen LogP contribution in [-0.4, -0.2) is 12.5 Å². The maximum atomic E-state index is 12.1. The van der Waals surface area contributed by atoms with Crippen molar-refractivity contribution in [3.05, 3.63) is 35.9 Å². The number of amides is 1. The molecule has 0 saturated heterocycles. The minimum atomic E-state index is 0.179. The number of hydrogen-bond acceptors (Lipinski definition) is 1. The van der Waals surface area contributed by atoms with Crippen LogP contribution in [0, 0.1) is 5.92 Å². The maximum Gasteiger partial charge on any atom is 0.223 e. The Balaban J connectivity index is 1.70. The first kappa shape index (κ1) is 13.7. The first-order valence-corrected chi connectivity index (χ1v) is 8.13. The molecule has 2 aliphatic carbocycles. The van der Waals surface area contributed by atoms with E-state index >= 15 is 0 Å². The van der Waals surface area contributed by atoms with Crippen LogP contribution in [0.5, 0.6) is 0 Å². The molecule has 0 radical (unpaired) electrons. The van der Waals surface area contributed by atoms with E-state index in [2.05, 4.69) is 35.6 Å². The van der Waals surface area contributed by atoms with Gasteiger partial charge in [-0.05, 0) is 31.2 Å². The molecule has 0 aliphatic heterocycles. The van der Waals surface area contributed by atoms with E-state index in [0.29, 0.717) is 5.92 Å². The molecular weight excluding hydrogens is 246 g/mol. The van der Waals surface area contributed by atoms with E-state index in [1.54, 1.807) is 0 Å². The standard InChI is InChI=1S/C18H25NO/c20-17(15-8-7-9-15)19-14-18(12-5-2-6-13-18)16-10-3-1-4-11-16/h1,3-4,10-11,15H,2,5-9,12-14H2,(H,19,20). The number of benzene rings is 1. The summed E-state index contributed by atoms with van der Waals surface area (Å²) in [6, 6.07) is 10.8. The quantitative estimate of drug-likeness (QED) is 0.886. The van der Waals surface area contributed by atoms with Crippen LogP contribution < -0.4 is 5.32 Å². The maximum absolute atomic E-state index is 12.1. The summed E-state index contributed by atoms with van der Waals surface area (Å²) in [6.07, 6.45) is 9.73. The summed E-state index contributed by atoms with van der Waals surface area (Å²) in [5.74, 6) is 0.587. The molecule has 2 heteroatoms. The second-order valence-electron chi connectivity index (χ2n) is 6.55. The van der Waals surface area contributed by atoms with Gasteiger partial charge in [-0.25, -0.2) is 0 Å². The molecule has 0 aromatic heterocycles. The Kier molecular flexibility index (Phi) is 4.09. The smallest absolute Gasteiger partial charge is 0.223 e. The minimum Gasteiger partial charge on any atom is -0.355 e. The Bertz CT molecular complexity index is 444. The molecule has 1 aromatic carbocycles. The zero-order valence-electron chi connectivity index (χ0n) is 12.2. The van der Waals surface area contributed by atoms with Crippen molar-refractivity contribution >= 4 is 5.91 Å². The highest BCUT2D eigenvalue weighted by Gasteiger charge is 2.35. The third-order valence-corrected chi connectivity index (χ3v) is 5.27. The predicted octanol–water partition coefficient (Wildman–Crippen LogP) is 3.80. The van der Waals surface area contributed by atoms with Crippen LogP contribution in [0.4, 0.5) is 0 Å². The van der Waals surface area contributed by atoms with Crippen LogP contribution in [0.25, 0.3) is 0 Å². The van der Waals surface area contributed by atoms with Gasteiger partial charge in [0.2, 0.25) is 5.91 Å². The second-order valence-corrected chi connectivity index (χ2v) is 6.55. The van der Waals surface area contributed by atoms with Crippen LogP contribution >= 0.6 is 0 Å². The van der Waals surface area contributed by atoms with Gasteiger partial charge in [0, 0.05) is 17.9 Å². The Morgan fingerprint density at radius 3 is 2.35 bits per heavy atom. The van der Waals surface area contributed by atoms with E-state index in [4.69, 9.17) is 0 Å². The zero-order chi connectivity index (χ0) is 13.8. The third kappa shape index (κ3) is 2.74. The SMILES string of the molecule is O=C(NCC1(c2ccccc2)CCCCC1)C1CCC1. The zero-order valence-corrected chi connectivity index (χ0v) is 12.2. The molecule has 1 amide bonds. The fraction of sp³-hybridized carbons (Fsp3) is 0.611. The molecule has 1 N–H and O–H groups in total. The van der Waals surface area contributed by atoms with Gasteiger partial charge in [0.25, 0.3) is 0 Å². The summed E-state index contributed by atoms with van der Waals surface area (Å²) in [4.78, 5) is 12.1. The molecule has 1 aromatic rings. The van der Waals surface area contributed by atoms with Crippen molar-refractivity contribution in [1.29, 1.82) is 0 Å². The van der Waals surface area contributed by atoms with Gasteiger partial charge >= 0.3 is 0 Å². The van der Waals surface area contributed by atoms with Gasteiger partial charge in [-0.2, -0.15) is 0 Å². The third-order valence-electron chi connectivity index (χ3n) is 5.27. The molecule has 108 valence electrons. The monoisotopic (exact) mass is 271 g/mol. The number of carbonyl (C=O) groups is 1. The summed E-state index contributed by atoms with van der Waals surface area (Å²) >= 11 is 0. The van der Waals surface area contributed by atoms with Crippen molar-refractivity contribution in [3.63, 3.8) is 0 Å². The van der Waals surface area contributed by atoms with Crippen molar-refractivity contribution in [1.82, 2.24) is 5.32 Å². The molecule has 0 atom stereocenters. The molecular formula is C18H25NO. The fourth-order valence-electron chi connectivity index (χ4n) is 3.66. The first-order chi connectivity index (χ1) is 9.80. The number of hydrogen-bond donors (Lipinski definition) is 1. The van der Waals surface area contributed by atoms with Crippen molar-refractivity contribution in [2.24, 2.45) is 5.92 Å². The van der Waals surface area contributed by atoms with E-state index in [1.807, 2.05) is 0 Å². The van der Waals surface area contributed by atoms with Gasteiger partial charge in [-0.1, -0.05) is 56.0 Å². The van der Waals surface area contributed by atoms with Crippen LogP contribution in [-0.2, 0) is 10.2 Å². The topological polar surface area (TPSA) is 29.1 Å². The molecule has 2 aliphatic rings. The lowest BCUT2D eigenvalue weighted by Gasteiger charge is -2.39. The molecule has 0 unspecified atom stereocenters. The van der Waals surface area contributed by atoms with Gasteiger partial charge in [0.1, 0.15) is 0 Å². The summed E-state index contributed by atoms with van der Waals surface area (Å²) in [5.41, 5.74) is 1.59. The van der Waals surface area contributed by atoms with Gasteiger partial charge in [-0.15, -0.1) is 0 Å². The van der Waals surface area contributed by atoms with E-state index in [-0.39, 0.29) is 11.3 Å². The van der Waals surface area contributed by atoms with Crippen molar-refractivity contribution in [2.75, 3.05) is 6.54 Å². The van der Waals surface area contributed by atoms with E-state index in [1.165, 1.54) is 44.1 Å². The Labute approximate surface area is 122 Å². The highest BCUT2D eigenvalue weighted by atomic mass is 16.1. The van der Waals surface area contributed by atoms with Gasteiger partial charge < -0.3 is 5.32 Å². The number of nitrogens with one attached hydrogen (secondary N) is 1. The van der Waals surface area contributed by atoms with Gasteiger partial charge in [-0.3, -0.25) is 4.79 Å². The van der Waals surface area contributed by atoms with E-state index < -0.39 is 0 Å².